The number of aryl methyl sites for hydroxylation is 1. The Balaban J connectivity index is 1.74. The second-order valence-corrected chi connectivity index (χ2v) is 8.92. The maximum Gasteiger partial charge on any atom is 0.258 e. The minimum atomic E-state index is -0.197. The van der Waals surface area contributed by atoms with Crippen molar-refractivity contribution in [1.82, 2.24) is 20.4 Å². The Morgan fingerprint density at radius 3 is 2.44 bits per heavy atom. The third-order valence-corrected chi connectivity index (χ3v) is 6.41. The zero-order valence-electron chi connectivity index (χ0n) is 20.3. The summed E-state index contributed by atoms with van der Waals surface area (Å²) in [6.07, 6.45) is 3.37. The maximum atomic E-state index is 5.83. The van der Waals surface area contributed by atoms with Crippen molar-refractivity contribution in [3.63, 3.8) is 0 Å². The molecule has 1 aliphatic heterocycles. The van der Waals surface area contributed by atoms with E-state index in [1.54, 1.807) is 0 Å². The Morgan fingerprint density at radius 1 is 1.03 bits per heavy atom. The van der Waals surface area contributed by atoms with E-state index in [2.05, 4.69) is 60.4 Å². The summed E-state index contributed by atoms with van der Waals surface area (Å²) in [5.74, 6) is 1.92. The summed E-state index contributed by atoms with van der Waals surface area (Å²) in [7, 11) is 0. The van der Waals surface area contributed by atoms with Crippen LogP contribution in [0.5, 0.6) is 5.75 Å². The molecule has 0 spiro atoms. The van der Waals surface area contributed by atoms with E-state index in [0.717, 1.165) is 59.1 Å². The number of nitrogens with zero attached hydrogens (tertiary/aromatic N) is 3. The number of benzene rings is 2. The van der Waals surface area contributed by atoms with Crippen molar-refractivity contribution in [2.24, 2.45) is 0 Å². The molecule has 0 saturated carbocycles. The average Bonchev–Trinajstić information content (AvgIpc) is 3.32. The van der Waals surface area contributed by atoms with Crippen molar-refractivity contribution in [2.75, 3.05) is 13.2 Å². The van der Waals surface area contributed by atoms with Crippen molar-refractivity contribution in [3.05, 3.63) is 71.2 Å². The lowest BCUT2D eigenvalue weighted by molar-refractivity contribution is 0.340. The second kappa shape index (κ2) is 10.8. The molecule has 6 nitrogen and oxygen atoms in total. The quantitative estimate of drug-likeness (QED) is 0.287. The molecule has 0 fully saturated rings. The molecular weight excluding hydrogens is 444 g/mol. The highest BCUT2D eigenvalue weighted by atomic mass is 32.1. The Morgan fingerprint density at radius 2 is 1.76 bits per heavy atom. The van der Waals surface area contributed by atoms with Gasteiger partial charge in [0.25, 0.3) is 5.89 Å². The molecule has 1 aromatic heterocycles. The summed E-state index contributed by atoms with van der Waals surface area (Å²) in [6.45, 7) is 9.81. The number of rotatable bonds is 9. The van der Waals surface area contributed by atoms with E-state index in [9.17, 15) is 0 Å². The second-order valence-electron chi connectivity index (χ2n) is 8.53. The first-order chi connectivity index (χ1) is 16.5. The Bertz CT molecular complexity index is 1150. The van der Waals surface area contributed by atoms with Crippen molar-refractivity contribution < 1.29 is 9.26 Å². The summed E-state index contributed by atoms with van der Waals surface area (Å²) < 4.78 is 11.5. The van der Waals surface area contributed by atoms with Gasteiger partial charge in [0, 0.05) is 17.8 Å². The van der Waals surface area contributed by atoms with E-state index >= 15 is 0 Å². The lowest BCUT2D eigenvalue weighted by atomic mass is 9.94. The molecule has 2 heterocycles. The molecule has 178 valence electrons. The molecule has 0 saturated heterocycles. The van der Waals surface area contributed by atoms with E-state index in [1.807, 2.05) is 31.2 Å². The van der Waals surface area contributed by atoms with Gasteiger partial charge in [-0.1, -0.05) is 66.9 Å². The molecule has 7 heteroatoms. The predicted molar refractivity (Wildman–Crippen MR) is 139 cm³/mol. The SMILES string of the molecule is CCCCCN1C(=S)NC(c2ccc(OCC)cc2)C(c2nc(-c3ccc(C)cc3)no2)=C1C. The van der Waals surface area contributed by atoms with Gasteiger partial charge >= 0.3 is 0 Å². The van der Waals surface area contributed by atoms with Crippen molar-refractivity contribution in [3.8, 4) is 17.1 Å². The number of ether oxygens (including phenoxy) is 1. The van der Waals surface area contributed by atoms with Gasteiger partial charge in [0.05, 0.1) is 18.2 Å². The normalized spacial score (nSPS) is 16.1. The van der Waals surface area contributed by atoms with Crippen LogP contribution in [0.15, 0.2) is 58.8 Å². The number of thiocarbonyl (C=S) groups is 1. The lowest BCUT2D eigenvalue weighted by Crippen LogP contribution is -2.46. The molecule has 1 unspecified atom stereocenters. The topological polar surface area (TPSA) is 63.4 Å². The number of allylic oxidation sites excluding steroid dienone is 1. The highest BCUT2D eigenvalue weighted by Gasteiger charge is 2.33. The molecule has 1 aliphatic rings. The molecule has 0 aliphatic carbocycles. The largest absolute Gasteiger partial charge is 0.494 e. The summed E-state index contributed by atoms with van der Waals surface area (Å²) >= 11 is 5.78. The Hall–Kier alpha value is -3.19. The average molecular weight is 477 g/mol. The summed E-state index contributed by atoms with van der Waals surface area (Å²) in [5, 5.41) is 8.54. The molecule has 0 amide bonds. The first kappa shape index (κ1) is 24.0. The van der Waals surface area contributed by atoms with Crippen LogP contribution in [-0.4, -0.2) is 33.3 Å². The van der Waals surface area contributed by atoms with Crippen LogP contribution in [0.1, 0.15) is 63.1 Å². The summed E-state index contributed by atoms with van der Waals surface area (Å²) in [4.78, 5) is 6.95. The third kappa shape index (κ3) is 5.14. The lowest BCUT2D eigenvalue weighted by Gasteiger charge is -2.37. The number of unbranched alkanes of at least 4 members (excludes halogenated alkanes) is 2. The van der Waals surface area contributed by atoms with Crippen molar-refractivity contribution in [1.29, 1.82) is 0 Å². The molecule has 4 rings (SSSR count). The van der Waals surface area contributed by atoms with Gasteiger partial charge in [-0.25, -0.2) is 0 Å². The monoisotopic (exact) mass is 476 g/mol. The number of hydrogen-bond acceptors (Lipinski definition) is 5. The smallest absolute Gasteiger partial charge is 0.258 e. The fourth-order valence-electron chi connectivity index (χ4n) is 4.17. The maximum absolute atomic E-state index is 5.83. The first-order valence-corrected chi connectivity index (χ1v) is 12.3. The van der Waals surface area contributed by atoms with E-state index in [4.69, 9.17) is 26.5 Å². The zero-order chi connectivity index (χ0) is 24.1. The van der Waals surface area contributed by atoms with Crippen LogP contribution in [0.4, 0.5) is 0 Å². The van der Waals surface area contributed by atoms with Crippen molar-refractivity contribution in [2.45, 2.75) is 53.0 Å². The molecule has 0 bridgehead atoms. The Kier molecular flexibility index (Phi) is 7.63. The van der Waals surface area contributed by atoms with Crippen LogP contribution in [0, 0.1) is 6.92 Å². The molecular formula is C27H32N4O2S. The number of nitrogens with one attached hydrogen (secondary N) is 1. The van der Waals surface area contributed by atoms with Crippen LogP contribution < -0.4 is 10.1 Å². The van der Waals surface area contributed by atoms with Gasteiger partial charge < -0.3 is 19.5 Å². The van der Waals surface area contributed by atoms with Crippen LogP contribution in [0.3, 0.4) is 0 Å². The standard InChI is InChI=1S/C27H32N4O2S/c1-5-7-8-17-31-19(4)23(26-29-25(30-33-26)21-11-9-18(3)10-12-21)24(28-27(31)34)20-13-15-22(16-14-20)32-6-2/h9-16,24H,5-8,17H2,1-4H3,(H,28,34). The summed E-state index contributed by atoms with van der Waals surface area (Å²) in [5.41, 5.74) is 5.16. The first-order valence-electron chi connectivity index (χ1n) is 11.9. The Labute approximate surface area is 207 Å². The minimum Gasteiger partial charge on any atom is -0.494 e. The van der Waals surface area contributed by atoms with Gasteiger partial charge in [-0.3, -0.25) is 0 Å². The fraction of sp³-hybridized carbons (Fsp3) is 0.370. The van der Waals surface area contributed by atoms with Gasteiger partial charge in [0.15, 0.2) is 5.11 Å². The molecule has 2 aromatic carbocycles. The van der Waals surface area contributed by atoms with Gasteiger partial charge in [-0.15, -0.1) is 0 Å². The van der Waals surface area contributed by atoms with Crippen LogP contribution >= 0.6 is 12.2 Å². The molecule has 1 atom stereocenters. The van der Waals surface area contributed by atoms with E-state index in [1.165, 1.54) is 5.56 Å². The molecule has 34 heavy (non-hydrogen) atoms. The van der Waals surface area contributed by atoms with Crippen molar-refractivity contribution >= 4 is 22.9 Å². The van der Waals surface area contributed by atoms with Gasteiger partial charge in [-0.2, -0.15) is 4.98 Å². The third-order valence-electron chi connectivity index (χ3n) is 6.07. The van der Waals surface area contributed by atoms with Crippen LogP contribution in [0.2, 0.25) is 0 Å². The van der Waals surface area contributed by atoms with Gasteiger partial charge in [-0.05, 0) is 57.1 Å². The summed E-state index contributed by atoms with van der Waals surface area (Å²) in [6, 6.07) is 16.0. The van der Waals surface area contributed by atoms with E-state index in [0.29, 0.717) is 18.3 Å². The minimum absolute atomic E-state index is 0.197. The highest BCUT2D eigenvalue weighted by Crippen LogP contribution is 2.38. The van der Waals surface area contributed by atoms with E-state index in [-0.39, 0.29) is 6.04 Å². The number of aromatic nitrogens is 2. The predicted octanol–water partition coefficient (Wildman–Crippen LogP) is 6.30. The fourth-order valence-corrected chi connectivity index (χ4v) is 4.52. The van der Waals surface area contributed by atoms with E-state index < -0.39 is 0 Å². The van der Waals surface area contributed by atoms with Gasteiger partial charge in [0.1, 0.15) is 5.75 Å². The van der Waals surface area contributed by atoms with Crippen LogP contribution in [-0.2, 0) is 0 Å². The zero-order valence-corrected chi connectivity index (χ0v) is 21.1. The molecule has 1 N–H and O–H groups in total. The van der Waals surface area contributed by atoms with Crippen LogP contribution in [0.25, 0.3) is 17.0 Å². The van der Waals surface area contributed by atoms with Gasteiger partial charge in [0.2, 0.25) is 5.82 Å². The molecule has 3 aromatic rings. The molecule has 0 radical (unpaired) electrons. The number of hydrogen-bond donors (Lipinski definition) is 1. The highest BCUT2D eigenvalue weighted by molar-refractivity contribution is 7.80.